The molecule has 0 saturated carbocycles. The van der Waals surface area contributed by atoms with E-state index in [-0.39, 0.29) is 23.6 Å². The zero-order valence-electron chi connectivity index (χ0n) is 18.2. The number of aliphatic hydroxyl groups is 1. The second-order valence-corrected chi connectivity index (χ2v) is 7.21. The molecule has 0 unspecified atom stereocenters. The van der Waals surface area contributed by atoms with Gasteiger partial charge in [-0.2, -0.15) is 5.10 Å². The van der Waals surface area contributed by atoms with Gasteiger partial charge in [0.15, 0.2) is 5.69 Å². The van der Waals surface area contributed by atoms with Gasteiger partial charge >= 0.3 is 11.9 Å². The third kappa shape index (κ3) is 4.14. The molecule has 7 heteroatoms. The Morgan fingerprint density at radius 1 is 0.848 bits per heavy atom. The lowest BCUT2D eigenvalue weighted by Crippen LogP contribution is -2.15. The molecule has 0 fully saturated rings. The number of methoxy groups -OCH3 is 2. The van der Waals surface area contributed by atoms with E-state index in [1.165, 1.54) is 18.9 Å². The van der Waals surface area contributed by atoms with Crippen molar-refractivity contribution < 1.29 is 24.2 Å². The van der Waals surface area contributed by atoms with Crippen molar-refractivity contribution in [2.45, 2.75) is 6.61 Å². The van der Waals surface area contributed by atoms with E-state index < -0.39 is 11.9 Å². The Balaban J connectivity index is 2.04. The molecule has 0 bridgehead atoms. The molecule has 0 aliphatic rings. The van der Waals surface area contributed by atoms with Crippen molar-refractivity contribution in [2.24, 2.45) is 0 Å². The first-order valence-corrected chi connectivity index (χ1v) is 10.2. The average molecular weight is 442 g/mol. The normalized spacial score (nSPS) is 10.6. The number of aliphatic hydroxyl groups excluding tert-OH is 1. The summed E-state index contributed by atoms with van der Waals surface area (Å²) >= 11 is 0. The molecule has 33 heavy (non-hydrogen) atoms. The number of carbonyl (C=O) groups is 2. The maximum atomic E-state index is 12.9. The number of benzene rings is 3. The Morgan fingerprint density at radius 3 is 2.18 bits per heavy atom. The number of hydrogen-bond donors (Lipinski definition) is 1. The van der Waals surface area contributed by atoms with Crippen molar-refractivity contribution in [1.82, 2.24) is 9.78 Å². The van der Waals surface area contributed by atoms with Crippen LogP contribution >= 0.6 is 0 Å². The summed E-state index contributed by atoms with van der Waals surface area (Å²) in [5, 5.41) is 14.3. The predicted molar refractivity (Wildman–Crippen MR) is 123 cm³/mol. The summed E-state index contributed by atoms with van der Waals surface area (Å²) in [5.41, 5.74) is 3.87. The van der Waals surface area contributed by atoms with Crippen LogP contribution in [-0.4, -0.2) is 41.0 Å². The van der Waals surface area contributed by atoms with Crippen LogP contribution in [0.25, 0.3) is 28.1 Å². The van der Waals surface area contributed by atoms with Crippen LogP contribution in [0.1, 0.15) is 26.4 Å². The Labute approximate surface area is 190 Å². The number of carbonyl (C=O) groups excluding carboxylic acids is 2. The summed E-state index contributed by atoms with van der Waals surface area (Å²) < 4.78 is 11.4. The highest BCUT2D eigenvalue weighted by molar-refractivity contribution is 6.07. The molecule has 1 aromatic heterocycles. The maximum absolute atomic E-state index is 12.9. The van der Waals surface area contributed by atoms with Crippen molar-refractivity contribution in [1.29, 1.82) is 0 Å². The molecule has 0 amide bonds. The van der Waals surface area contributed by atoms with E-state index in [0.717, 1.165) is 16.7 Å². The third-order valence-corrected chi connectivity index (χ3v) is 5.26. The number of ether oxygens (including phenoxy) is 2. The fourth-order valence-corrected chi connectivity index (χ4v) is 3.72. The smallest absolute Gasteiger partial charge is 0.357 e. The zero-order chi connectivity index (χ0) is 23.4. The van der Waals surface area contributed by atoms with Crippen LogP contribution in [0.4, 0.5) is 0 Å². The predicted octanol–water partition coefficient (Wildman–Crippen LogP) is 4.27. The molecule has 7 nitrogen and oxygen atoms in total. The summed E-state index contributed by atoms with van der Waals surface area (Å²) in [7, 11) is 2.50. The monoisotopic (exact) mass is 442 g/mol. The Bertz CT molecular complexity index is 1310. The topological polar surface area (TPSA) is 90.6 Å². The molecule has 3 aromatic carbocycles. The Hall–Kier alpha value is -4.23. The van der Waals surface area contributed by atoms with Crippen LogP contribution in [0.3, 0.4) is 0 Å². The minimum Gasteiger partial charge on any atom is -0.465 e. The first kappa shape index (κ1) is 22.0. The van der Waals surface area contributed by atoms with Gasteiger partial charge in [0, 0.05) is 5.56 Å². The fraction of sp³-hybridized carbons (Fsp3) is 0.115. The van der Waals surface area contributed by atoms with Crippen LogP contribution in [0.15, 0.2) is 78.9 Å². The van der Waals surface area contributed by atoms with Gasteiger partial charge in [0.2, 0.25) is 0 Å². The summed E-state index contributed by atoms with van der Waals surface area (Å²) in [6.07, 6.45) is 0. The molecule has 1 N–H and O–H groups in total. The van der Waals surface area contributed by atoms with Gasteiger partial charge in [-0.05, 0) is 34.9 Å². The minimum atomic E-state index is -0.710. The van der Waals surface area contributed by atoms with Crippen LogP contribution in [0.5, 0.6) is 0 Å². The lowest BCUT2D eigenvalue weighted by molar-refractivity contribution is 0.0549. The molecule has 0 spiro atoms. The summed E-state index contributed by atoms with van der Waals surface area (Å²) in [4.78, 5) is 25.7. The van der Waals surface area contributed by atoms with E-state index in [9.17, 15) is 14.7 Å². The standard InChI is InChI=1S/C26H22N2O5/c1-32-25(30)22-23(27-28(24(22)26(31)33-2)19-11-4-3-5-12-19)21-14-7-6-13-20(21)18-10-8-9-17(15-18)16-29/h3-15,29H,16H2,1-2H3. The number of hydrogen-bond acceptors (Lipinski definition) is 6. The third-order valence-electron chi connectivity index (χ3n) is 5.26. The molecule has 0 aliphatic heterocycles. The summed E-state index contributed by atoms with van der Waals surface area (Å²) in [6.45, 7) is -0.0987. The van der Waals surface area contributed by atoms with Crippen molar-refractivity contribution in [2.75, 3.05) is 14.2 Å². The van der Waals surface area contributed by atoms with E-state index >= 15 is 0 Å². The first-order valence-electron chi connectivity index (χ1n) is 10.2. The van der Waals surface area contributed by atoms with Gasteiger partial charge in [-0.25, -0.2) is 14.3 Å². The van der Waals surface area contributed by atoms with E-state index in [1.54, 1.807) is 12.1 Å². The van der Waals surface area contributed by atoms with Crippen molar-refractivity contribution in [3.63, 3.8) is 0 Å². The molecule has 0 aliphatic carbocycles. The highest BCUT2D eigenvalue weighted by Gasteiger charge is 2.32. The minimum absolute atomic E-state index is 0.0129. The molecule has 0 radical (unpaired) electrons. The molecule has 0 atom stereocenters. The molecule has 4 rings (SSSR count). The first-order chi connectivity index (χ1) is 16.1. The molecular formula is C26H22N2O5. The lowest BCUT2D eigenvalue weighted by atomic mass is 9.94. The Morgan fingerprint density at radius 2 is 1.52 bits per heavy atom. The lowest BCUT2D eigenvalue weighted by Gasteiger charge is -2.10. The molecular weight excluding hydrogens is 420 g/mol. The van der Waals surface area contributed by atoms with Crippen LogP contribution in [-0.2, 0) is 16.1 Å². The van der Waals surface area contributed by atoms with E-state index in [0.29, 0.717) is 11.3 Å². The van der Waals surface area contributed by atoms with Gasteiger partial charge in [-0.3, -0.25) is 0 Å². The van der Waals surface area contributed by atoms with Crippen LogP contribution in [0, 0.1) is 0 Å². The van der Waals surface area contributed by atoms with E-state index in [2.05, 4.69) is 5.10 Å². The fourth-order valence-electron chi connectivity index (χ4n) is 3.72. The number of aromatic nitrogens is 2. The highest BCUT2D eigenvalue weighted by Crippen LogP contribution is 2.36. The molecule has 4 aromatic rings. The quantitative estimate of drug-likeness (QED) is 0.449. The number of para-hydroxylation sites is 1. The second-order valence-electron chi connectivity index (χ2n) is 7.21. The van der Waals surface area contributed by atoms with Gasteiger partial charge in [0.25, 0.3) is 0 Å². The molecule has 166 valence electrons. The van der Waals surface area contributed by atoms with Gasteiger partial charge in [-0.15, -0.1) is 0 Å². The van der Waals surface area contributed by atoms with Gasteiger partial charge in [-0.1, -0.05) is 60.7 Å². The van der Waals surface area contributed by atoms with Crippen molar-refractivity contribution in [3.8, 4) is 28.1 Å². The van der Waals surface area contributed by atoms with Gasteiger partial charge in [0.1, 0.15) is 11.3 Å². The highest BCUT2D eigenvalue weighted by atomic mass is 16.5. The number of nitrogens with zero attached hydrogens (tertiary/aromatic N) is 2. The largest absolute Gasteiger partial charge is 0.465 e. The van der Waals surface area contributed by atoms with Gasteiger partial charge in [0.05, 0.1) is 26.5 Å². The SMILES string of the molecule is COC(=O)c1c(-c2ccccc2-c2cccc(CO)c2)nn(-c2ccccc2)c1C(=O)OC. The molecule has 0 saturated heterocycles. The van der Waals surface area contributed by atoms with Crippen LogP contribution < -0.4 is 0 Å². The van der Waals surface area contributed by atoms with E-state index in [1.807, 2.05) is 66.7 Å². The average Bonchev–Trinajstić information content (AvgIpc) is 3.29. The second kappa shape index (κ2) is 9.50. The maximum Gasteiger partial charge on any atom is 0.357 e. The summed E-state index contributed by atoms with van der Waals surface area (Å²) in [5.74, 6) is -1.41. The number of rotatable bonds is 6. The summed E-state index contributed by atoms with van der Waals surface area (Å²) in [6, 6.07) is 23.9. The van der Waals surface area contributed by atoms with Crippen molar-refractivity contribution >= 4 is 11.9 Å². The van der Waals surface area contributed by atoms with Crippen LogP contribution in [0.2, 0.25) is 0 Å². The number of esters is 2. The zero-order valence-corrected chi connectivity index (χ0v) is 18.2. The Kier molecular flexibility index (Phi) is 6.33. The van der Waals surface area contributed by atoms with E-state index in [4.69, 9.17) is 9.47 Å². The van der Waals surface area contributed by atoms with Gasteiger partial charge < -0.3 is 14.6 Å². The molecule has 1 heterocycles. The van der Waals surface area contributed by atoms with Crippen molar-refractivity contribution in [3.05, 3.63) is 95.7 Å².